The van der Waals surface area contributed by atoms with Gasteiger partial charge >= 0.3 is 5.97 Å². The van der Waals surface area contributed by atoms with Gasteiger partial charge in [-0.05, 0) is 19.1 Å². The highest BCUT2D eigenvalue weighted by atomic mass is 16.6. The number of rotatable bonds is 3. The van der Waals surface area contributed by atoms with E-state index in [0.29, 0.717) is 0 Å². The van der Waals surface area contributed by atoms with Gasteiger partial charge in [0.15, 0.2) is 0 Å². The van der Waals surface area contributed by atoms with Gasteiger partial charge in [0.2, 0.25) is 5.88 Å². The van der Waals surface area contributed by atoms with Crippen LogP contribution in [0.5, 0.6) is 5.88 Å². The van der Waals surface area contributed by atoms with Gasteiger partial charge in [0.1, 0.15) is 0 Å². The van der Waals surface area contributed by atoms with Gasteiger partial charge in [0, 0.05) is 21.9 Å². The number of esters is 1. The molecule has 17 heavy (non-hydrogen) atoms. The maximum Gasteiger partial charge on any atom is 0.385 e. The molecule has 6 heteroatoms. The molecule has 2 rings (SSSR count). The number of aryl methyl sites for hydroxylation is 1. The highest BCUT2D eigenvalue weighted by Gasteiger charge is 2.13. The molecule has 1 aromatic heterocycles. The molecule has 0 aliphatic carbocycles. The van der Waals surface area contributed by atoms with Gasteiger partial charge in [-0.25, -0.2) is 4.79 Å². The minimum atomic E-state index is -0.890. The summed E-state index contributed by atoms with van der Waals surface area (Å²) in [6, 6.07) is 7.34. The van der Waals surface area contributed by atoms with Crippen molar-refractivity contribution >= 4 is 16.9 Å². The highest BCUT2D eigenvalue weighted by Crippen LogP contribution is 2.21. The first kappa shape index (κ1) is 11.1. The van der Waals surface area contributed by atoms with Crippen molar-refractivity contribution < 1.29 is 14.5 Å². The van der Waals surface area contributed by atoms with Crippen LogP contribution >= 0.6 is 0 Å². The van der Waals surface area contributed by atoms with Crippen LogP contribution in [0.3, 0.4) is 0 Å². The average Bonchev–Trinajstić information content (AvgIpc) is 2.57. The molecular weight excluding hydrogens is 224 g/mol. The number of aromatic nitrogens is 1. The van der Waals surface area contributed by atoms with E-state index in [1.807, 2.05) is 25.1 Å². The molecule has 0 saturated heterocycles. The van der Waals surface area contributed by atoms with Crippen LogP contribution in [0, 0.1) is 17.0 Å². The van der Waals surface area contributed by atoms with Crippen LogP contribution in [-0.4, -0.2) is 22.4 Å². The van der Waals surface area contributed by atoms with Crippen molar-refractivity contribution in [1.82, 2.24) is 4.98 Å². The van der Waals surface area contributed by atoms with Crippen LogP contribution in [0.25, 0.3) is 10.9 Å². The van der Waals surface area contributed by atoms with E-state index >= 15 is 0 Å². The molecule has 6 nitrogen and oxygen atoms in total. The maximum absolute atomic E-state index is 11.1. The van der Waals surface area contributed by atoms with Crippen molar-refractivity contribution in [2.24, 2.45) is 0 Å². The Labute approximate surface area is 96.3 Å². The first-order valence-electron chi connectivity index (χ1n) is 4.96. The van der Waals surface area contributed by atoms with E-state index in [4.69, 9.17) is 4.74 Å². The molecule has 88 valence electrons. The lowest BCUT2D eigenvalue weighted by Gasteiger charge is -1.96. The van der Waals surface area contributed by atoms with Crippen LogP contribution in [0.1, 0.15) is 5.56 Å². The predicted octanol–water partition coefficient (Wildman–Crippen LogP) is 1.66. The summed E-state index contributed by atoms with van der Waals surface area (Å²) in [5, 5.41) is 11.0. The summed E-state index contributed by atoms with van der Waals surface area (Å²) >= 11 is 0. The molecule has 1 N–H and O–H groups in total. The average molecular weight is 234 g/mol. The fraction of sp³-hybridized carbons (Fsp3) is 0.182. The molecule has 0 radical (unpaired) electrons. The Bertz CT molecular complexity index is 588. The Morgan fingerprint density at radius 2 is 2.24 bits per heavy atom. The number of hydrogen-bond acceptors (Lipinski definition) is 4. The normalized spacial score (nSPS) is 10.4. The Hall–Kier alpha value is -2.37. The second-order valence-corrected chi connectivity index (χ2v) is 3.69. The van der Waals surface area contributed by atoms with Gasteiger partial charge in [-0.3, -0.25) is 10.1 Å². The highest BCUT2D eigenvalue weighted by molar-refractivity contribution is 5.83. The van der Waals surface area contributed by atoms with Gasteiger partial charge in [-0.2, -0.15) is 0 Å². The van der Waals surface area contributed by atoms with Crippen molar-refractivity contribution in [3.63, 3.8) is 0 Å². The van der Waals surface area contributed by atoms with Crippen LogP contribution < -0.4 is 4.74 Å². The summed E-state index contributed by atoms with van der Waals surface area (Å²) in [4.78, 5) is 23.3. The monoisotopic (exact) mass is 234 g/mol. The second-order valence-electron chi connectivity index (χ2n) is 3.69. The minimum absolute atomic E-state index is 0.220. The van der Waals surface area contributed by atoms with Gasteiger partial charge in [-0.15, -0.1) is 0 Å². The molecule has 1 aromatic carbocycles. The summed E-state index contributed by atoms with van der Waals surface area (Å²) in [6.07, 6.45) is 0. The Balaban J connectivity index is 2.19. The minimum Gasteiger partial charge on any atom is -0.405 e. The van der Waals surface area contributed by atoms with E-state index in [9.17, 15) is 14.9 Å². The second kappa shape index (κ2) is 4.25. The molecule has 0 bridgehead atoms. The number of nitro groups is 1. The molecule has 0 aliphatic rings. The van der Waals surface area contributed by atoms with E-state index in [1.165, 1.54) is 0 Å². The molecule has 0 fully saturated rings. The van der Waals surface area contributed by atoms with E-state index in [2.05, 4.69) is 4.98 Å². The summed E-state index contributed by atoms with van der Waals surface area (Å²) in [5.74, 6) is -0.671. The fourth-order valence-electron chi connectivity index (χ4n) is 1.54. The zero-order valence-electron chi connectivity index (χ0n) is 9.10. The molecule has 2 aromatic rings. The SMILES string of the molecule is Cc1ccc2[nH]c(OC(=O)C[N+](=O)[O-])cc2c1. The summed E-state index contributed by atoms with van der Waals surface area (Å²) in [6.45, 7) is 1.11. The van der Waals surface area contributed by atoms with E-state index in [1.54, 1.807) is 6.07 Å². The fourth-order valence-corrected chi connectivity index (χ4v) is 1.54. The standard InChI is InChI=1S/C11H10N2O4/c1-7-2-3-9-8(4-7)5-10(12-9)17-11(14)6-13(15)16/h2-5,12H,6H2,1H3. The number of benzene rings is 1. The van der Waals surface area contributed by atoms with Gasteiger partial charge in [0.05, 0.1) is 0 Å². The van der Waals surface area contributed by atoms with Crippen LogP contribution in [0.15, 0.2) is 24.3 Å². The lowest BCUT2D eigenvalue weighted by molar-refractivity contribution is -0.469. The number of nitrogens with one attached hydrogen (secondary N) is 1. The summed E-state index contributed by atoms with van der Waals surface area (Å²) < 4.78 is 4.81. The van der Waals surface area contributed by atoms with Crippen LogP contribution in [-0.2, 0) is 4.79 Å². The van der Waals surface area contributed by atoms with E-state index in [-0.39, 0.29) is 5.88 Å². The van der Waals surface area contributed by atoms with E-state index in [0.717, 1.165) is 16.5 Å². The lowest BCUT2D eigenvalue weighted by atomic mass is 10.2. The van der Waals surface area contributed by atoms with Crippen molar-refractivity contribution in [2.45, 2.75) is 6.92 Å². The van der Waals surface area contributed by atoms with Gasteiger partial charge < -0.3 is 9.72 Å². The lowest BCUT2D eigenvalue weighted by Crippen LogP contribution is -2.19. The molecule has 0 atom stereocenters. The third kappa shape index (κ3) is 2.60. The van der Waals surface area contributed by atoms with Crippen LogP contribution in [0.4, 0.5) is 0 Å². The molecule has 0 aliphatic heterocycles. The smallest absolute Gasteiger partial charge is 0.385 e. The van der Waals surface area contributed by atoms with Crippen molar-refractivity contribution in [3.05, 3.63) is 39.9 Å². The zero-order valence-corrected chi connectivity index (χ0v) is 9.10. The van der Waals surface area contributed by atoms with Crippen molar-refractivity contribution in [3.8, 4) is 5.88 Å². The Kier molecular flexibility index (Phi) is 2.78. The molecule has 0 saturated carbocycles. The maximum atomic E-state index is 11.1. The quantitative estimate of drug-likeness (QED) is 0.497. The number of nitrogens with zero attached hydrogens (tertiary/aromatic N) is 1. The molecule has 0 spiro atoms. The Morgan fingerprint density at radius 1 is 1.47 bits per heavy atom. The Morgan fingerprint density at radius 3 is 2.94 bits per heavy atom. The van der Waals surface area contributed by atoms with Crippen molar-refractivity contribution in [2.75, 3.05) is 6.54 Å². The van der Waals surface area contributed by atoms with Gasteiger partial charge in [-0.1, -0.05) is 11.6 Å². The third-order valence-corrected chi connectivity index (χ3v) is 2.23. The van der Waals surface area contributed by atoms with Crippen LogP contribution in [0.2, 0.25) is 0 Å². The number of fused-ring (bicyclic) bond motifs is 1. The zero-order chi connectivity index (χ0) is 12.4. The molecule has 0 amide bonds. The number of hydrogen-bond donors (Lipinski definition) is 1. The first-order valence-corrected chi connectivity index (χ1v) is 4.96. The summed E-state index contributed by atoms with van der Waals surface area (Å²) in [5.41, 5.74) is 1.90. The largest absolute Gasteiger partial charge is 0.405 e. The number of carbonyl (C=O) groups excluding carboxylic acids is 1. The third-order valence-electron chi connectivity index (χ3n) is 2.23. The topological polar surface area (TPSA) is 85.2 Å². The number of aromatic amines is 1. The molecule has 0 unspecified atom stereocenters. The number of H-pyrrole nitrogens is 1. The summed E-state index contributed by atoms with van der Waals surface area (Å²) in [7, 11) is 0. The number of carbonyl (C=O) groups is 1. The molecular formula is C11H10N2O4. The van der Waals surface area contributed by atoms with Gasteiger partial charge in [0.25, 0.3) is 6.54 Å². The number of ether oxygens (including phenoxy) is 1. The molecule has 1 heterocycles. The van der Waals surface area contributed by atoms with E-state index < -0.39 is 17.4 Å². The van der Waals surface area contributed by atoms with Crippen molar-refractivity contribution in [1.29, 1.82) is 0 Å². The predicted molar refractivity (Wildman–Crippen MR) is 60.5 cm³/mol. The first-order chi connectivity index (χ1) is 8.04.